The first-order chi connectivity index (χ1) is 6.26. The van der Waals surface area contributed by atoms with Gasteiger partial charge in [-0.2, -0.15) is 0 Å². The monoisotopic (exact) mass is 179 g/mol. The van der Waals surface area contributed by atoms with Crippen molar-refractivity contribution < 1.29 is 5.11 Å². The van der Waals surface area contributed by atoms with Crippen molar-refractivity contribution in [3.8, 4) is 12.3 Å². The lowest BCUT2D eigenvalue weighted by Crippen LogP contribution is -2.56. The van der Waals surface area contributed by atoms with E-state index in [4.69, 9.17) is 6.42 Å². The molecule has 2 rings (SSSR count). The predicted molar refractivity (Wildman–Crippen MR) is 52.1 cm³/mol. The average molecular weight is 179 g/mol. The van der Waals surface area contributed by atoms with E-state index >= 15 is 0 Å². The largest absolute Gasteiger partial charge is 0.377 e. The summed E-state index contributed by atoms with van der Waals surface area (Å²) in [6.07, 6.45) is 10.9. The molecule has 3 unspecified atom stereocenters. The number of nitrogens with one attached hydrogen (secondary N) is 1. The maximum absolute atomic E-state index is 10.2. The Hall–Kier alpha value is -0.520. The molecule has 1 aliphatic heterocycles. The van der Waals surface area contributed by atoms with Crippen molar-refractivity contribution in [2.75, 3.05) is 6.54 Å². The number of fused-ring (bicyclic) bond motifs is 1. The van der Waals surface area contributed by atoms with Crippen LogP contribution in [0.2, 0.25) is 0 Å². The molecule has 3 atom stereocenters. The van der Waals surface area contributed by atoms with Crippen molar-refractivity contribution >= 4 is 0 Å². The van der Waals surface area contributed by atoms with Gasteiger partial charge in [0, 0.05) is 18.4 Å². The number of terminal acetylenes is 1. The van der Waals surface area contributed by atoms with Gasteiger partial charge >= 0.3 is 0 Å². The molecule has 1 saturated carbocycles. The van der Waals surface area contributed by atoms with Crippen LogP contribution in [0.15, 0.2) is 0 Å². The number of piperidine rings is 1. The van der Waals surface area contributed by atoms with Crippen LogP contribution in [0.3, 0.4) is 0 Å². The van der Waals surface area contributed by atoms with Gasteiger partial charge in [0.2, 0.25) is 0 Å². The number of hydrogen-bond acceptors (Lipinski definition) is 2. The minimum atomic E-state index is -0.823. The summed E-state index contributed by atoms with van der Waals surface area (Å²) in [5.41, 5.74) is -0.823. The summed E-state index contributed by atoms with van der Waals surface area (Å²) in [4.78, 5) is 0. The topological polar surface area (TPSA) is 32.3 Å². The van der Waals surface area contributed by atoms with Crippen LogP contribution in [-0.4, -0.2) is 23.3 Å². The van der Waals surface area contributed by atoms with Gasteiger partial charge in [-0.3, -0.25) is 0 Å². The Morgan fingerprint density at radius 3 is 2.92 bits per heavy atom. The predicted octanol–water partition coefficient (Wildman–Crippen LogP) is 0.903. The van der Waals surface area contributed by atoms with Crippen molar-refractivity contribution in [1.82, 2.24) is 5.32 Å². The SMILES string of the molecule is C#CC1(O)CCNC2CCCCC21. The lowest BCUT2D eigenvalue weighted by Gasteiger charge is -2.45. The third-order valence-electron chi connectivity index (χ3n) is 3.54. The van der Waals surface area contributed by atoms with Crippen LogP contribution in [0.25, 0.3) is 0 Å². The first kappa shape index (κ1) is 9.05. The van der Waals surface area contributed by atoms with Crippen LogP contribution in [-0.2, 0) is 0 Å². The van der Waals surface area contributed by atoms with Crippen molar-refractivity contribution in [2.45, 2.75) is 43.7 Å². The summed E-state index contributed by atoms with van der Waals surface area (Å²) in [5.74, 6) is 2.89. The molecule has 0 radical (unpaired) electrons. The lowest BCUT2D eigenvalue weighted by atomic mass is 9.70. The summed E-state index contributed by atoms with van der Waals surface area (Å²) in [6, 6.07) is 0.462. The molecule has 2 aliphatic rings. The Kier molecular flexibility index (Phi) is 2.31. The molecule has 13 heavy (non-hydrogen) atoms. The van der Waals surface area contributed by atoms with E-state index in [1.165, 1.54) is 19.3 Å². The molecule has 0 aromatic carbocycles. The fourth-order valence-electron chi connectivity index (χ4n) is 2.76. The molecule has 0 aromatic rings. The Bertz CT molecular complexity index is 231. The van der Waals surface area contributed by atoms with Gasteiger partial charge < -0.3 is 10.4 Å². The van der Waals surface area contributed by atoms with Crippen LogP contribution in [0.4, 0.5) is 0 Å². The normalized spacial score (nSPS) is 44.9. The number of aliphatic hydroxyl groups is 1. The van der Waals surface area contributed by atoms with Crippen molar-refractivity contribution in [1.29, 1.82) is 0 Å². The minimum absolute atomic E-state index is 0.292. The van der Waals surface area contributed by atoms with Crippen LogP contribution in [0.5, 0.6) is 0 Å². The quantitative estimate of drug-likeness (QED) is 0.542. The lowest BCUT2D eigenvalue weighted by molar-refractivity contribution is -0.0251. The maximum atomic E-state index is 10.2. The third kappa shape index (κ3) is 1.47. The van der Waals surface area contributed by atoms with E-state index in [-0.39, 0.29) is 0 Å². The second-order valence-corrected chi connectivity index (χ2v) is 4.27. The molecule has 2 fully saturated rings. The summed E-state index contributed by atoms with van der Waals surface area (Å²) in [6.45, 7) is 0.863. The fourth-order valence-corrected chi connectivity index (χ4v) is 2.76. The molecule has 0 spiro atoms. The molecule has 2 nitrogen and oxygen atoms in total. The molecule has 1 heterocycles. The Morgan fingerprint density at radius 1 is 1.38 bits per heavy atom. The molecular formula is C11H17NO. The van der Waals surface area contributed by atoms with Crippen molar-refractivity contribution in [3.05, 3.63) is 0 Å². The van der Waals surface area contributed by atoms with Crippen LogP contribution >= 0.6 is 0 Å². The standard InChI is InChI=1S/C11H17NO/c1-2-11(13)7-8-12-10-6-4-3-5-9(10)11/h1,9-10,12-13H,3-8H2. The van der Waals surface area contributed by atoms with Gasteiger partial charge in [0.1, 0.15) is 5.60 Å². The van der Waals surface area contributed by atoms with Crippen LogP contribution < -0.4 is 5.32 Å². The molecule has 1 aliphatic carbocycles. The second kappa shape index (κ2) is 3.32. The average Bonchev–Trinajstić information content (AvgIpc) is 2.19. The van der Waals surface area contributed by atoms with Gasteiger partial charge in [0.05, 0.1) is 0 Å². The van der Waals surface area contributed by atoms with Crippen LogP contribution in [0, 0.1) is 18.3 Å². The zero-order valence-electron chi connectivity index (χ0n) is 7.92. The highest BCUT2D eigenvalue weighted by atomic mass is 16.3. The molecule has 0 aromatic heterocycles. The first-order valence-corrected chi connectivity index (χ1v) is 5.20. The summed E-state index contributed by atoms with van der Waals surface area (Å²) in [5, 5.41) is 13.7. The van der Waals surface area contributed by atoms with E-state index in [2.05, 4.69) is 11.2 Å². The Balaban J connectivity index is 2.17. The van der Waals surface area contributed by atoms with Gasteiger partial charge in [-0.05, 0) is 19.4 Å². The van der Waals surface area contributed by atoms with E-state index in [9.17, 15) is 5.11 Å². The van der Waals surface area contributed by atoms with E-state index in [1.54, 1.807) is 0 Å². The number of rotatable bonds is 0. The van der Waals surface area contributed by atoms with Gasteiger partial charge in [-0.25, -0.2) is 0 Å². The van der Waals surface area contributed by atoms with Crippen molar-refractivity contribution in [3.63, 3.8) is 0 Å². The second-order valence-electron chi connectivity index (χ2n) is 4.27. The third-order valence-corrected chi connectivity index (χ3v) is 3.54. The number of hydrogen-bond donors (Lipinski definition) is 2. The van der Waals surface area contributed by atoms with Gasteiger partial charge in [0.15, 0.2) is 0 Å². The van der Waals surface area contributed by atoms with E-state index < -0.39 is 5.60 Å². The van der Waals surface area contributed by atoms with Gasteiger partial charge in [-0.1, -0.05) is 18.8 Å². The highest BCUT2D eigenvalue weighted by molar-refractivity contribution is 5.15. The molecule has 0 amide bonds. The smallest absolute Gasteiger partial charge is 0.130 e. The van der Waals surface area contributed by atoms with E-state index in [1.807, 2.05) is 0 Å². The van der Waals surface area contributed by atoms with Gasteiger partial charge in [0.25, 0.3) is 0 Å². The summed E-state index contributed by atoms with van der Waals surface area (Å²) < 4.78 is 0. The molecule has 2 N–H and O–H groups in total. The maximum Gasteiger partial charge on any atom is 0.130 e. The molecule has 0 bridgehead atoms. The molecular weight excluding hydrogens is 162 g/mol. The molecule has 72 valence electrons. The Labute approximate surface area is 79.7 Å². The minimum Gasteiger partial charge on any atom is -0.377 e. The highest BCUT2D eigenvalue weighted by Gasteiger charge is 2.43. The van der Waals surface area contributed by atoms with Gasteiger partial charge in [-0.15, -0.1) is 6.42 Å². The highest BCUT2D eigenvalue weighted by Crippen LogP contribution is 2.37. The summed E-state index contributed by atoms with van der Waals surface area (Å²) in [7, 11) is 0. The van der Waals surface area contributed by atoms with E-state index in [0.717, 1.165) is 13.0 Å². The fraction of sp³-hybridized carbons (Fsp3) is 0.818. The zero-order valence-corrected chi connectivity index (χ0v) is 7.92. The zero-order chi connectivity index (χ0) is 9.31. The van der Waals surface area contributed by atoms with Crippen LogP contribution in [0.1, 0.15) is 32.1 Å². The molecule has 2 heteroatoms. The Morgan fingerprint density at radius 2 is 2.15 bits per heavy atom. The van der Waals surface area contributed by atoms with E-state index in [0.29, 0.717) is 18.4 Å². The summed E-state index contributed by atoms with van der Waals surface area (Å²) >= 11 is 0. The van der Waals surface area contributed by atoms with Crippen molar-refractivity contribution in [2.24, 2.45) is 5.92 Å². The first-order valence-electron chi connectivity index (χ1n) is 5.20. The molecule has 1 saturated heterocycles.